The highest BCUT2D eigenvalue weighted by Gasteiger charge is 2.31. The lowest BCUT2D eigenvalue weighted by molar-refractivity contribution is -0.917. The zero-order valence-electron chi connectivity index (χ0n) is 12.9. The van der Waals surface area contributed by atoms with Crippen molar-refractivity contribution in [2.75, 3.05) is 26.2 Å². The summed E-state index contributed by atoms with van der Waals surface area (Å²) >= 11 is 0. The molecule has 21 heavy (non-hydrogen) atoms. The van der Waals surface area contributed by atoms with Crippen LogP contribution in [0, 0.1) is 0 Å². The fourth-order valence-corrected chi connectivity index (χ4v) is 2.58. The number of carbonyl (C=O) groups is 2. The summed E-state index contributed by atoms with van der Waals surface area (Å²) in [6, 6.07) is 3.46. The Hall–Kier alpha value is -1.82. The van der Waals surface area contributed by atoms with Crippen molar-refractivity contribution in [1.29, 1.82) is 0 Å². The summed E-state index contributed by atoms with van der Waals surface area (Å²) in [5.41, 5.74) is 0. The van der Waals surface area contributed by atoms with E-state index in [1.165, 1.54) is 11.2 Å². The molecule has 1 aliphatic rings. The third-order valence-electron chi connectivity index (χ3n) is 3.86. The molecule has 0 aromatic carbocycles. The Kier molecular flexibility index (Phi) is 5.01. The third-order valence-corrected chi connectivity index (χ3v) is 3.86. The zero-order chi connectivity index (χ0) is 15.4. The first-order chi connectivity index (χ1) is 9.99. The molecule has 0 spiro atoms. The van der Waals surface area contributed by atoms with Crippen molar-refractivity contribution in [3.05, 3.63) is 24.2 Å². The number of rotatable bonds is 4. The average molecular weight is 294 g/mol. The van der Waals surface area contributed by atoms with E-state index < -0.39 is 0 Å². The average Bonchev–Trinajstić information content (AvgIpc) is 2.99. The van der Waals surface area contributed by atoms with Crippen LogP contribution in [0.15, 0.2) is 22.8 Å². The fourth-order valence-electron chi connectivity index (χ4n) is 2.58. The molecule has 6 nitrogen and oxygen atoms in total. The number of carbonyl (C=O) groups excluding carboxylic acids is 2. The van der Waals surface area contributed by atoms with Crippen LogP contribution < -0.4 is 10.2 Å². The van der Waals surface area contributed by atoms with Gasteiger partial charge < -0.3 is 19.5 Å². The van der Waals surface area contributed by atoms with Crippen molar-refractivity contribution >= 4 is 11.8 Å². The molecule has 116 valence electrons. The molecule has 2 rings (SSSR count). The van der Waals surface area contributed by atoms with Gasteiger partial charge in [-0.2, -0.15) is 0 Å². The number of nitrogens with zero attached hydrogens (tertiary/aromatic N) is 1. The molecule has 2 amide bonds. The van der Waals surface area contributed by atoms with Crippen LogP contribution in [0.5, 0.6) is 0 Å². The standard InChI is InChI=1S/C15H23N3O3/c1-11(2)16-14(19)12(3)17-6-8-18(9-7-17)15(20)13-5-4-10-21-13/h4-5,10-12H,6-9H2,1-3H3,(H,16,19)/p+1/t12-/m0/s1. The summed E-state index contributed by atoms with van der Waals surface area (Å²) in [6.07, 6.45) is 1.51. The molecule has 0 unspecified atom stereocenters. The predicted octanol–water partition coefficient (Wildman–Crippen LogP) is -0.467. The van der Waals surface area contributed by atoms with Gasteiger partial charge in [-0.3, -0.25) is 9.59 Å². The van der Waals surface area contributed by atoms with Gasteiger partial charge in [-0.1, -0.05) is 0 Å². The topological polar surface area (TPSA) is 67.0 Å². The first-order valence-corrected chi connectivity index (χ1v) is 7.46. The molecule has 1 aromatic rings. The van der Waals surface area contributed by atoms with Crippen LogP contribution in [0.25, 0.3) is 0 Å². The van der Waals surface area contributed by atoms with Crippen molar-refractivity contribution in [1.82, 2.24) is 10.2 Å². The van der Waals surface area contributed by atoms with Crippen molar-refractivity contribution in [3.8, 4) is 0 Å². The van der Waals surface area contributed by atoms with E-state index in [-0.39, 0.29) is 23.9 Å². The summed E-state index contributed by atoms with van der Waals surface area (Å²) in [7, 11) is 0. The Morgan fingerprint density at radius 2 is 1.95 bits per heavy atom. The van der Waals surface area contributed by atoms with Crippen molar-refractivity contribution in [2.45, 2.75) is 32.9 Å². The van der Waals surface area contributed by atoms with Crippen LogP contribution in [0.4, 0.5) is 0 Å². The van der Waals surface area contributed by atoms with E-state index in [1.54, 1.807) is 17.0 Å². The number of amides is 2. The maximum Gasteiger partial charge on any atom is 0.289 e. The maximum absolute atomic E-state index is 12.2. The lowest BCUT2D eigenvalue weighted by Gasteiger charge is -2.34. The normalized spacial score (nSPS) is 17.8. The molecule has 1 atom stereocenters. The molecule has 1 aromatic heterocycles. The molecule has 1 fully saturated rings. The Bertz CT molecular complexity index is 476. The van der Waals surface area contributed by atoms with Gasteiger partial charge in [-0.05, 0) is 32.9 Å². The maximum atomic E-state index is 12.2. The van der Waals surface area contributed by atoms with E-state index in [9.17, 15) is 9.59 Å². The van der Waals surface area contributed by atoms with E-state index in [2.05, 4.69) is 5.32 Å². The first-order valence-electron chi connectivity index (χ1n) is 7.46. The number of quaternary nitrogens is 1. The molecule has 0 radical (unpaired) electrons. The Morgan fingerprint density at radius 3 is 2.48 bits per heavy atom. The summed E-state index contributed by atoms with van der Waals surface area (Å²) in [6.45, 7) is 8.71. The summed E-state index contributed by atoms with van der Waals surface area (Å²) in [5, 5.41) is 2.94. The second kappa shape index (κ2) is 6.76. The number of furan rings is 1. The van der Waals surface area contributed by atoms with Gasteiger partial charge in [-0.25, -0.2) is 0 Å². The minimum Gasteiger partial charge on any atom is -0.459 e. The predicted molar refractivity (Wildman–Crippen MR) is 78.0 cm³/mol. The van der Waals surface area contributed by atoms with E-state index in [4.69, 9.17) is 4.42 Å². The monoisotopic (exact) mass is 294 g/mol. The van der Waals surface area contributed by atoms with E-state index >= 15 is 0 Å². The van der Waals surface area contributed by atoms with E-state index in [0.717, 1.165) is 13.1 Å². The quantitative estimate of drug-likeness (QED) is 0.789. The van der Waals surface area contributed by atoms with E-state index in [1.807, 2.05) is 20.8 Å². The van der Waals surface area contributed by atoms with Gasteiger partial charge >= 0.3 is 0 Å². The minimum atomic E-state index is -0.0896. The molecule has 6 heteroatoms. The third kappa shape index (κ3) is 3.85. The van der Waals surface area contributed by atoms with Crippen LogP contribution in [0.3, 0.4) is 0 Å². The van der Waals surface area contributed by atoms with Crippen molar-refractivity contribution in [3.63, 3.8) is 0 Å². The van der Waals surface area contributed by atoms with E-state index in [0.29, 0.717) is 18.8 Å². The van der Waals surface area contributed by atoms with Crippen LogP contribution in [-0.4, -0.2) is 55.0 Å². The molecular weight excluding hydrogens is 270 g/mol. The van der Waals surface area contributed by atoms with Gasteiger partial charge in [0.25, 0.3) is 11.8 Å². The van der Waals surface area contributed by atoms with Gasteiger partial charge in [0.15, 0.2) is 11.8 Å². The number of hydrogen-bond donors (Lipinski definition) is 2. The highest BCUT2D eigenvalue weighted by atomic mass is 16.3. The first kappa shape index (κ1) is 15.6. The van der Waals surface area contributed by atoms with Gasteiger partial charge in [0, 0.05) is 6.04 Å². The van der Waals surface area contributed by atoms with Crippen molar-refractivity contribution < 1.29 is 18.9 Å². The second-order valence-corrected chi connectivity index (χ2v) is 5.81. The Labute approximate surface area is 125 Å². The molecule has 0 bridgehead atoms. The molecule has 2 heterocycles. The second-order valence-electron chi connectivity index (χ2n) is 5.81. The van der Waals surface area contributed by atoms with Crippen molar-refractivity contribution in [2.24, 2.45) is 0 Å². The molecular formula is C15H24N3O3+. The van der Waals surface area contributed by atoms with Gasteiger partial charge in [-0.15, -0.1) is 0 Å². The number of hydrogen-bond acceptors (Lipinski definition) is 3. The van der Waals surface area contributed by atoms with Crippen LogP contribution in [0.2, 0.25) is 0 Å². The van der Waals surface area contributed by atoms with Crippen LogP contribution in [0.1, 0.15) is 31.3 Å². The van der Waals surface area contributed by atoms with Gasteiger partial charge in [0.05, 0.1) is 32.4 Å². The van der Waals surface area contributed by atoms with Crippen LogP contribution >= 0.6 is 0 Å². The summed E-state index contributed by atoms with van der Waals surface area (Å²) in [4.78, 5) is 27.2. The molecule has 0 aliphatic carbocycles. The van der Waals surface area contributed by atoms with Gasteiger partial charge in [0.2, 0.25) is 0 Å². The zero-order valence-corrected chi connectivity index (χ0v) is 12.9. The fraction of sp³-hybridized carbons (Fsp3) is 0.600. The molecule has 1 saturated heterocycles. The van der Waals surface area contributed by atoms with Gasteiger partial charge in [0.1, 0.15) is 0 Å². The molecule has 0 saturated carbocycles. The minimum absolute atomic E-state index is 0.0710. The summed E-state index contributed by atoms with van der Waals surface area (Å²) < 4.78 is 5.14. The largest absolute Gasteiger partial charge is 0.459 e. The molecule has 2 N–H and O–H groups in total. The van der Waals surface area contributed by atoms with Crippen LogP contribution in [-0.2, 0) is 4.79 Å². The number of piperazine rings is 1. The lowest BCUT2D eigenvalue weighted by atomic mass is 10.2. The highest BCUT2D eigenvalue weighted by molar-refractivity contribution is 5.91. The molecule has 1 aliphatic heterocycles. The highest BCUT2D eigenvalue weighted by Crippen LogP contribution is 2.05. The summed E-state index contributed by atoms with van der Waals surface area (Å²) in [5.74, 6) is 0.383. The smallest absolute Gasteiger partial charge is 0.289 e. The lowest BCUT2D eigenvalue weighted by Crippen LogP contribution is -3.19. The number of nitrogens with one attached hydrogen (secondary N) is 2. The SMILES string of the molecule is CC(C)NC(=O)[C@H](C)[NH+]1CCN(C(=O)c2ccco2)CC1. The Balaban J connectivity index is 1.85. The Morgan fingerprint density at radius 1 is 1.29 bits per heavy atom.